The molecule has 84 valence electrons. The molecule has 1 aliphatic heterocycles. The highest BCUT2D eigenvalue weighted by Crippen LogP contribution is 2.42. The first-order valence-corrected chi connectivity index (χ1v) is 6.81. The highest BCUT2D eigenvalue weighted by Gasteiger charge is 2.55. The van der Waals surface area contributed by atoms with E-state index in [-0.39, 0.29) is 12.1 Å². The van der Waals surface area contributed by atoms with Gasteiger partial charge in [0.2, 0.25) is 10.0 Å². The van der Waals surface area contributed by atoms with Crippen LogP contribution in [-0.2, 0) is 10.0 Å². The van der Waals surface area contributed by atoms with E-state index in [0.717, 1.165) is 12.0 Å². The molecule has 2 aliphatic rings. The molecule has 1 saturated heterocycles. The van der Waals surface area contributed by atoms with Gasteiger partial charge < -0.3 is 0 Å². The van der Waals surface area contributed by atoms with Gasteiger partial charge in [0.05, 0.1) is 10.9 Å². The van der Waals surface area contributed by atoms with Crippen LogP contribution in [0.4, 0.5) is 0 Å². The Balaban J connectivity index is 1.95. The van der Waals surface area contributed by atoms with Gasteiger partial charge in [-0.15, -0.1) is 0 Å². The first-order valence-electron chi connectivity index (χ1n) is 5.37. The molecule has 3 rings (SSSR count). The van der Waals surface area contributed by atoms with Crippen molar-refractivity contribution >= 4 is 10.0 Å². The Kier molecular flexibility index (Phi) is 2.00. The van der Waals surface area contributed by atoms with Gasteiger partial charge in [0.25, 0.3) is 0 Å². The lowest BCUT2D eigenvalue weighted by atomic mass is 10.2. The maximum absolute atomic E-state index is 12.2. The molecule has 1 aromatic rings. The van der Waals surface area contributed by atoms with Crippen LogP contribution < -0.4 is 0 Å². The van der Waals surface area contributed by atoms with Crippen molar-refractivity contribution < 1.29 is 8.42 Å². The van der Waals surface area contributed by atoms with E-state index >= 15 is 0 Å². The van der Waals surface area contributed by atoms with E-state index in [1.165, 1.54) is 0 Å². The molecule has 0 bridgehead atoms. The van der Waals surface area contributed by atoms with E-state index in [2.05, 4.69) is 6.08 Å². The lowest BCUT2D eigenvalue weighted by Gasteiger charge is -2.07. The standard InChI is InChI=1S/C12H13NO2S/c1-9-5-7-10(8-6-9)16(14,15)13-11-3-2-4-12(11)13/h2-3,5-8,11-12H,4H2,1H3. The molecular weight excluding hydrogens is 222 g/mol. The number of hydrogen-bond acceptors (Lipinski definition) is 2. The van der Waals surface area contributed by atoms with Gasteiger partial charge in [-0.2, -0.15) is 4.31 Å². The summed E-state index contributed by atoms with van der Waals surface area (Å²) >= 11 is 0. The van der Waals surface area contributed by atoms with Gasteiger partial charge in [0.15, 0.2) is 0 Å². The van der Waals surface area contributed by atoms with E-state index < -0.39 is 10.0 Å². The molecule has 0 aromatic heterocycles. The summed E-state index contributed by atoms with van der Waals surface area (Å²) in [5.74, 6) is 0. The van der Waals surface area contributed by atoms with Gasteiger partial charge in [-0.05, 0) is 25.5 Å². The van der Waals surface area contributed by atoms with Crippen molar-refractivity contribution in [2.75, 3.05) is 0 Å². The lowest BCUT2D eigenvalue weighted by Crippen LogP contribution is -2.16. The van der Waals surface area contributed by atoms with Crippen molar-refractivity contribution in [2.24, 2.45) is 0 Å². The van der Waals surface area contributed by atoms with Crippen LogP contribution in [0.1, 0.15) is 12.0 Å². The molecule has 3 unspecified atom stereocenters. The van der Waals surface area contributed by atoms with Crippen LogP contribution in [0.5, 0.6) is 0 Å². The van der Waals surface area contributed by atoms with Crippen LogP contribution in [0.3, 0.4) is 0 Å². The lowest BCUT2D eigenvalue weighted by molar-refractivity contribution is 0.547. The number of aryl methyl sites for hydroxylation is 1. The highest BCUT2D eigenvalue weighted by atomic mass is 32.2. The van der Waals surface area contributed by atoms with E-state index in [0.29, 0.717) is 4.90 Å². The predicted molar refractivity (Wildman–Crippen MR) is 61.5 cm³/mol. The first kappa shape index (κ1) is 10.1. The average molecular weight is 235 g/mol. The predicted octanol–water partition coefficient (Wildman–Crippen LogP) is 1.70. The number of fused-ring (bicyclic) bond motifs is 1. The highest BCUT2D eigenvalue weighted by molar-refractivity contribution is 7.89. The molecule has 3 nitrogen and oxygen atoms in total. The molecule has 0 N–H and O–H groups in total. The summed E-state index contributed by atoms with van der Waals surface area (Å²) in [6, 6.07) is 7.34. The largest absolute Gasteiger partial charge is 0.243 e. The molecule has 1 heterocycles. The van der Waals surface area contributed by atoms with Crippen LogP contribution in [0.2, 0.25) is 0 Å². The zero-order valence-corrected chi connectivity index (χ0v) is 9.81. The Labute approximate surface area is 95.4 Å². The Morgan fingerprint density at radius 2 is 1.94 bits per heavy atom. The summed E-state index contributed by atoms with van der Waals surface area (Å²) in [7, 11) is -3.26. The second-order valence-electron chi connectivity index (χ2n) is 4.37. The normalized spacial score (nSPS) is 31.4. The van der Waals surface area contributed by atoms with Gasteiger partial charge in [0.1, 0.15) is 0 Å². The molecular formula is C12H13NO2S. The second kappa shape index (κ2) is 3.18. The van der Waals surface area contributed by atoms with Gasteiger partial charge in [-0.1, -0.05) is 29.8 Å². The number of sulfonamides is 1. The molecule has 0 saturated carbocycles. The van der Waals surface area contributed by atoms with Gasteiger partial charge in [-0.25, -0.2) is 8.42 Å². The first-order chi connectivity index (χ1) is 7.60. The number of benzene rings is 1. The summed E-state index contributed by atoms with van der Waals surface area (Å²) in [5.41, 5.74) is 1.07. The molecule has 0 amide bonds. The Bertz CT molecular complexity index is 545. The van der Waals surface area contributed by atoms with Gasteiger partial charge >= 0.3 is 0 Å². The Morgan fingerprint density at radius 3 is 2.50 bits per heavy atom. The smallest absolute Gasteiger partial charge is 0.207 e. The van der Waals surface area contributed by atoms with Crippen molar-refractivity contribution in [1.82, 2.24) is 4.31 Å². The summed E-state index contributed by atoms with van der Waals surface area (Å²) in [4.78, 5) is 0.404. The monoisotopic (exact) mass is 235 g/mol. The third-order valence-corrected chi connectivity index (χ3v) is 5.17. The van der Waals surface area contributed by atoms with Crippen molar-refractivity contribution in [3.8, 4) is 0 Å². The van der Waals surface area contributed by atoms with E-state index in [1.54, 1.807) is 16.4 Å². The summed E-state index contributed by atoms with van der Waals surface area (Å²) in [6.07, 6.45) is 4.89. The minimum atomic E-state index is -3.26. The SMILES string of the molecule is Cc1ccc(S(=O)(=O)N2C3C=CCC32)cc1. The minimum Gasteiger partial charge on any atom is -0.207 e. The van der Waals surface area contributed by atoms with E-state index in [9.17, 15) is 8.42 Å². The number of hydrogen-bond donors (Lipinski definition) is 0. The number of rotatable bonds is 2. The molecule has 1 aromatic carbocycles. The maximum Gasteiger partial charge on any atom is 0.243 e. The average Bonchev–Trinajstić information content (AvgIpc) is 2.77. The molecule has 4 heteroatoms. The fraction of sp³-hybridized carbons (Fsp3) is 0.333. The van der Waals surface area contributed by atoms with E-state index in [4.69, 9.17) is 0 Å². The maximum atomic E-state index is 12.2. The summed E-state index contributed by atoms with van der Waals surface area (Å²) < 4.78 is 26.0. The van der Waals surface area contributed by atoms with Crippen LogP contribution in [-0.4, -0.2) is 24.8 Å². The topological polar surface area (TPSA) is 37.1 Å². The van der Waals surface area contributed by atoms with Crippen molar-refractivity contribution in [3.05, 3.63) is 42.0 Å². The third kappa shape index (κ3) is 1.33. The summed E-state index contributed by atoms with van der Waals surface area (Å²) in [5, 5.41) is 0. The minimum absolute atomic E-state index is 0.117. The van der Waals surface area contributed by atoms with Crippen LogP contribution in [0.15, 0.2) is 41.3 Å². The Hall–Kier alpha value is -1.13. The van der Waals surface area contributed by atoms with Crippen molar-refractivity contribution in [2.45, 2.75) is 30.3 Å². The van der Waals surface area contributed by atoms with Crippen molar-refractivity contribution in [1.29, 1.82) is 0 Å². The van der Waals surface area contributed by atoms with Gasteiger partial charge in [0, 0.05) is 6.04 Å². The molecule has 0 spiro atoms. The molecule has 3 atom stereocenters. The second-order valence-corrected chi connectivity index (χ2v) is 6.21. The van der Waals surface area contributed by atoms with Crippen LogP contribution in [0.25, 0.3) is 0 Å². The number of nitrogens with zero attached hydrogens (tertiary/aromatic N) is 1. The van der Waals surface area contributed by atoms with Crippen LogP contribution >= 0.6 is 0 Å². The zero-order valence-electron chi connectivity index (χ0n) is 9.00. The Morgan fingerprint density at radius 1 is 1.25 bits per heavy atom. The molecule has 16 heavy (non-hydrogen) atoms. The van der Waals surface area contributed by atoms with Crippen molar-refractivity contribution in [3.63, 3.8) is 0 Å². The van der Waals surface area contributed by atoms with Crippen LogP contribution in [0, 0.1) is 6.92 Å². The van der Waals surface area contributed by atoms with E-state index in [1.807, 2.05) is 25.1 Å². The summed E-state index contributed by atoms with van der Waals surface area (Å²) in [6.45, 7) is 1.95. The quantitative estimate of drug-likeness (QED) is 0.578. The molecule has 1 aliphatic carbocycles. The fourth-order valence-electron chi connectivity index (χ4n) is 2.26. The van der Waals surface area contributed by atoms with Gasteiger partial charge in [-0.3, -0.25) is 0 Å². The third-order valence-electron chi connectivity index (χ3n) is 3.23. The fourth-order valence-corrected chi connectivity index (χ4v) is 4.03. The zero-order chi connectivity index (χ0) is 11.3. The molecule has 0 radical (unpaired) electrons. The molecule has 1 fully saturated rings.